The molecular weight excluding hydrogens is 328 g/mol. The minimum Gasteiger partial charge on any atom is -0.310 e. The van der Waals surface area contributed by atoms with Crippen LogP contribution in [0, 0.1) is 6.92 Å². The van der Waals surface area contributed by atoms with Gasteiger partial charge in [-0.3, -0.25) is 4.68 Å². The number of hydrogen-bond donors (Lipinski definition) is 1. The van der Waals surface area contributed by atoms with Crippen molar-refractivity contribution >= 4 is 15.9 Å². The summed E-state index contributed by atoms with van der Waals surface area (Å²) >= 11 is 3.72. The smallest absolute Gasteiger partial charge is 0.138 e. The second-order valence-corrected chi connectivity index (χ2v) is 5.98. The van der Waals surface area contributed by atoms with Gasteiger partial charge in [-0.2, -0.15) is 5.10 Å². The van der Waals surface area contributed by atoms with Gasteiger partial charge < -0.3 is 5.32 Å². The van der Waals surface area contributed by atoms with Gasteiger partial charge in [-0.25, -0.2) is 4.98 Å². The molecule has 0 spiro atoms. The van der Waals surface area contributed by atoms with Crippen LogP contribution in [-0.4, -0.2) is 21.3 Å². The van der Waals surface area contributed by atoms with Crippen molar-refractivity contribution in [3.63, 3.8) is 0 Å². The number of benzene rings is 1. The summed E-state index contributed by atoms with van der Waals surface area (Å²) in [6.45, 7) is 8.25. The highest BCUT2D eigenvalue weighted by Crippen LogP contribution is 2.28. The standard InChI is InChI=1S/C16H23BrN4/c1-4-9-21-15(19-11-20-21)10-14(18-5-2)13-8-6-7-12(3)16(13)17/h6-8,11,14,18H,4-5,9-10H2,1-3H3. The first kappa shape index (κ1) is 16.2. The lowest BCUT2D eigenvalue weighted by molar-refractivity contribution is 0.497. The fourth-order valence-electron chi connectivity index (χ4n) is 2.51. The number of hydrogen-bond acceptors (Lipinski definition) is 3. The Balaban J connectivity index is 2.26. The number of rotatable bonds is 7. The molecule has 2 aromatic rings. The van der Waals surface area contributed by atoms with Crippen molar-refractivity contribution in [2.75, 3.05) is 6.54 Å². The van der Waals surface area contributed by atoms with Crippen molar-refractivity contribution in [3.05, 3.63) is 46.0 Å². The zero-order chi connectivity index (χ0) is 15.2. The van der Waals surface area contributed by atoms with Gasteiger partial charge in [-0.05, 0) is 31.0 Å². The van der Waals surface area contributed by atoms with Crippen molar-refractivity contribution in [1.29, 1.82) is 0 Å². The van der Waals surface area contributed by atoms with Gasteiger partial charge in [-0.15, -0.1) is 0 Å². The summed E-state index contributed by atoms with van der Waals surface area (Å²) in [5, 5.41) is 7.88. The van der Waals surface area contributed by atoms with E-state index in [4.69, 9.17) is 0 Å². The third-order valence-electron chi connectivity index (χ3n) is 3.57. The number of aromatic nitrogens is 3. The number of halogens is 1. The Morgan fingerprint density at radius 2 is 2.14 bits per heavy atom. The lowest BCUT2D eigenvalue weighted by atomic mass is 10.0. The highest BCUT2D eigenvalue weighted by molar-refractivity contribution is 9.10. The Kier molecular flexibility index (Phi) is 5.94. The van der Waals surface area contributed by atoms with Crippen molar-refractivity contribution < 1.29 is 0 Å². The molecule has 0 aliphatic heterocycles. The van der Waals surface area contributed by atoms with E-state index in [9.17, 15) is 0 Å². The van der Waals surface area contributed by atoms with Crippen molar-refractivity contribution in [1.82, 2.24) is 20.1 Å². The molecule has 0 radical (unpaired) electrons. The second-order valence-electron chi connectivity index (χ2n) is 5.19. The van der Waals surface area contributed by atoms with E-state index >= 15 is 0 Å². The fourth-order valence-corrected chi connectivity index (χ4v) is 3.05. The topological polar surface area (TPSA) is 42.7 Å². The monoisotopic (exact) mass is 350 g/mol. The predicted molar refractivity (Wildman–Crippen MR) is 89.3 cm³/mol. The molecule has 0 aliphatic carbocycles. The third kappa shape index (κ3) is 3.92. The van der Waals surface area contributed by atoms with E-state index in [1.165, 1.54) is 15.6 Å². The molecule has 0 aliphatic rings. The van der Waals surface area contributed by atoms with Crippen LogP contribution in [0.3, 0.4) is 0 Å². The molecule has 1 atom stereocenters. The molecule has 1 unspecified atom stereocenters. The quantitative estimate of drug-likeness (QED) is 0.828. The molecule has 0 saturated heterocycles. The highest BCUT2D eigenvalue weighted by atomic mass is 79.9. The first-order chi connectivity index (χ1) is 10.2. The minimum atomic E-state index is 0.240. The van der Waals surface area contributed by atoms with Gasteiger partial charge >= 0.3 is 0 Å². The third-order valence-corrected chi connectivity index (χ3v) is 4.65. The summed E-state index contributed by atoms with van der Waals surface area (Å²) in [5.41, 5.74) is 2.54. The lowest BCUT2D eigenvalue weighted by Gasteiger charge is -2.20. The summed E-state index contributed by atoms with van der Waals surface area (Å²) in [6.07, 6.45) is 3.56. The number of nitrogens with zero attached hydrogens (tertiary/aromatic N) is 3. The molecule has 1 N–H and O–H groups in total. The molecule has 21 heavy (non-hydrogen) atoms. The Morgan fingerprint density at radius 1 is 1.33 bits per heavy atom. The van der Waals surface area contributed by atoms with Gasteiger partial charge in [0.05, 0.1) is 0 Å². The largest absolute Gasteiger partial charge is 0.310 e. The fraction of sp³-hybridized carbons (Fsp3) is 0.500. The summed E-state index contributed by atoms with van der Waals surface area (Å²) in [4.78, 5) is 4.43. The molecule has 4 nitrogen and oxygen atoms in total. The summed E-state index contributed by atoms with van der Waals surface area (Å²) in [5.74, 6) is 1.04. The number of nitrogens with one attached hydrogen (secondary N) is 1. The molecule has 1 heterocycles. The van der Waals surface area contributed by atoms with Crippen LogP contribution >= 0.6 is 15.9 Å². The van der Waals surface area contributed by atoms with Crippen LogP contribution in [0.1, 0.15) is 43.3 Å². The number of aryl methyl sites for hydroxylation is 2. The van der Waals surface area contributed by atoms with Crippen LogP contribution in [0.25, 0.3) is 0 Å². The van der Waals surface area contributed by atoms with E-state index in [0.717, 1.165) is 31.8 Å². The van der Waals surface area contributed by atoms with E-state index in [1.807, 2.05) is 4.68 Å². The normalized spacial score (nSPS) is 12.6. The number of likely N-dealkylation sites (N-methyl/N-ethyl adjacent to an activating group) is 1. The van der Waals surface area contributed by atoms with Gasteiger partial charge in [0.2, 0.25) is 0 Å². The first-order valence-electron chi connectivity index (χ1n) is 7.52. The van der Waals surface area contributed by atoms with Gasteiger partial charge in [0.1, 0.15) is 12.2 Å². The van der Waals surface area contributed by atoms with Crippen LogP contribution < -0.4 is 5.32 Å². The first-order valence-corrected chi connectivity index (χ1v) is 8.31. The van der Waals surface area contributed by atoms with E-state index in [1.54, 1.807) is 6.33 Å². The van der Waals surface area contributed by atoms with Gasteiger partial charge in [0.15, 0.2) is 0 Å². The summed E-state index contributed by atoms with van der Waals surface area (Å²) in [7, 11) is 0. The van der Waals surface area contributed by atoms with Gasteiger partial charge in [0.25, 0.3) is 0 Å². The molecule has 1 aromatic carbocycles. The zero-order valence-corrected chi connectivity index (χ0v) is 14.5. The molecular formula is C16H23BrN4. The molecule has 0 amide bonds. The maximum atomic E-state index is 4.43. The molecule has 114 valence electrons. The van der Waals surface area contributed by atoms with Crippen molar-refractivity contribution in [3.8, 4) is 0 Å². The predicted octanol–water partition coefficient (Wildman–Crippen LogP) is 3.65. The highest BCUT2D eigenvalue weighted by Gasteiger charge is 2.18. The Hall–Kier alpha value is -1.20. The minimum absolute atomic E-state index is 0.240. The van der Waals surface area contributed by atoms with Gasteiger partial charge in [0, 0.05) is 23.5 Å². The van der Waals surface area contributed by atoms with E-state index in [2.05, 4.69) is 70.3 Å². The van der Waals surface area contributed by atoms with Crippen molar-refractivity contribution in [2.24, 2.45) is 0 Å². The Labute approximate surface area is 135 Å². The van der Waals surface area contributed by atoms with Crippen LogP contribution in [0.4, 0.5) is 0 Å². The molecule has 0 bridgehead atoms. The van der Waals surface area contributed by atoms with Crippen LogP contribution in [0.15, 0.2) is 29.0 Å². The summed E-state index contributed by atoms with van der Waals surface area (Å²) < 4.78 is 3.19. The van der Waals surface area contributed by atoms with Crippen LogP contribution in [0.5, 0.6) is 0 Å². The Morgan fingerprint density at radius 3 is 2.86 bits per heavy atom. The molecule has 0 fully saturated rings. The SMILES string of the molecule is CCCn1ncnc1CC(NCC)c1cccc(C)c1Br. The average Bonchev–Trinajstić information content (AvgIpc) is 2.89. The van der Waals surface area contributed by atoms with Crippen LogP contribution in [-0.2, 0) is 13.0 Å². The lowest BCUT2D eigenvalue weighted by Crippen LogP contribution is -2.25. The maximum Gasteiger partial charge on any atom is 0.138 e. The average molecular weight is 351 g/mol. The maximum absolute atomic E-state index is 4.43. The van der Waals surface area contributed by atoms with E-state index in [0.29, 0.717) is 0 Å². The second kappa shape index (κ2) is 7.71. The molecule has 5 heteroatoms. The van der Waals surface area contributed by atoms with Gasteiger partial charge in [-0.1, -0.05) is 48.0 Å². The van der Waals surface area contributed by atoms with E-state index < -0.39 is 0 Å². The van der Waals surface area contributed by atoms with Crippen molar-refractivity contribution in [2.45, 2.75) is 46.2 Å². The molecule has 1 aromatic heterocycles. The van der Waals surface area contributed by atoms with E-state index in [-0.39, 0.29) is 6.04 Å². The molecule has 2 rings (SSSR count). The summed E-state index contributed by atoms with van der Waals surface area (Å²) in [6, 6.07) is 6.64. The molecule has 0 saturated carbocycles. The Bertz CT molecular complexity index is 579. The van der Waals surface area contributed by atoms with Crippen LogP contribution in [0.2, 0.25) is 0 Å². The zero-order valence-electron chi connectivity index (χ0n) is 12.9.